The molecule has 0 aliphatic heterocycles. The molecule has 1 heterocycles. The molecule has 0 fully saturated rings. The average molecular weight is 296 g/mol. The molecule has 1 unspecified atom stereocenters. The lowest BCUT2D eigenvalue weighted by Crippen LogP contribution is -1.98. The first kappa shape index (κ1) is 15.3. The summed E-state index contributed by atoms with van der Waals surface area (Å²) in [4.78, 5) is 0.528. The fourth-order valence-corrected chi connectivity index (χ4v) is 4.15. The second-order valence-electron chi connectivity index (χ2n) is 4.15. The van der Waals surface area contributed by atoms with Gasteiger partial charge in [0.25, 0.3) is 0 Å². The number of alkyl halides is 3. The fraction of sp³-hybridized carbons (Fsp3) is 0.385. The highest BCUT2D eigenvalue weighted by Gasteiger charge is 2.47. The Bertz CT molecular complexity index is 543. The fourth-order valence-electron chi connectivity index (χ4n) is 2.01. The second-order valence-corrected chi connectivity index (χ2v) is 6.19. The summed E-state index contributed by atoms with van der Waals surface area (Å²) in [5, 5.41) is 0.736. The number of rotatable bonds is 2. The Balaban J connectivity index is 0.00000162. The Hall–Kier alpha value is -0.740. The van der Waals surface area contributed by atoms with Crippen LogP contribution in [0.4, 0.5) is 13.2 Å². The van der Waals surface area contributed by atoms with Crippen LogP contribution in [-0.4, -0.2) is 0 Å². The van der Waals surface area contributed by atoms with Crippen LogP contribution in [0.15, 0.2) is 24.3 Å². The van der Waals surface area contributed by atoms with Crippen LogP contribution in [-0.2, 0) is 11.9 Å². The number of hydrogen-bond donors (Lipinski definition) is 0. The third kappa shape index (κ3) is 2.81. The Labute approximate surface area is 113 Å². The van der Waals surface area contributed by atoms with E-state index in [0.717, 1.165) is 17.4 Å². The van der Waals surface area contributed by atoms with Gasteiger partial charge < -0.3 is 0 Å². The monoisotopic (exact) mass is 295 g/mol. The first-order valence-electron chi connectivity index (χ1n) is 5.56. The molecular weight excluding hydrogens is 281 g/mol. The van der Waals surface area contributed by atoms with Crippen molar-refractivity contribution >= 4 is 33.0 Å². The molecule has 18 heavy (non-hydrogen) atoms. The summed E-state index contributed by atoms with van der Waals surface area (Å²) in [7, 11) is -1.71. The van der Waals surface area contributed by atoms with E-state index in [4.69, 9.17) is 0 Å². The molecule has 100 valence electrons. The van der Waals surface area contributed by atoms with Gasteiger partial charge in [0.2, 0.25) is 0 Å². The largest absolute Gasteiger partial charge is 0.600 e. The summed E-state index contributed by atoms with van der Waals surface area (Å²) >= 11 is 0. The van der Waals surface area contributed by atoms with Gasteiger partial charge in [0, 0.05) is 23.9 Å². The van der Waals surface area contributed by atoms with Gasteiger partial charge in [0.15, 0.2) is 9.58 Å². The van der Waals surface area contributed by atoms with Gasteiger partial charge in [-0.15, -0.1) is 25.6 Å². The number of hydrogen-bond acceptors (Lipinski definition) is 0. The van der Waals surface area contributed by atoms with Gasteiger partial charge in [0.05, 0.1) is 10.5 Å². The number of halogens is 4. The lowest BCUT2D eigenvalue weighted by Gasteiger charge is -1.99. The lowest BCUT2D eigenvalue weighted by molar-refractivity contribution is -0.0867. The van der Waals surface area contributed by atoms with Crippen molar-refractivity contribution in [2.75, 3.05) is 0 Å². The highest BCUT2D eigenvalue weighted by atomic mass is 35.5. The first-order valence-corrected chi connectivity index (χ1v) is 6.78. The van der Waals surface area contributed by atoms with Crippen molar-refractivity contribution in [2.45, 2.75) is 32.2 Å². The van der Waals surface area contributed by atoms with E-state index in [0.29, 0.717) is 16.0 Å². The predicted molar refractivity (Wildman–Crippen MR) is 73.7 cm³/mol. The minimum Gasteiger partial charge on any atom is -0.147 e. The van der Waals surface area contributed by atoms with E-state index < -0.39 is 16.0 Å². The van der Waals surface area contributed by atoms with Crippen molar-refractivity contribution in [1.29, 1.82) is 0 Å². The van der Waals surface area contributed by atoms with Crippen LogP contribution < -0.4 is 0 Å². The molecule has 1 atom stereocenters. The zero-order valence-corrected chi connectivity index (χ0v) is 11.8. The quantitative estimate of drug-likeness (QED) is 0.619. The van der Waals surface area contributed by atoms with Gasteiger partial charge in [0.1, 0.15) is 0 Å². The smallest absolute Gasteiger partial charge is 0.147 e. The molecule has 1 aromatic heterocycles. The third-order valence-electron chi connectivity index (χ3n) is 2.70. The van der Waals surface area contributed by atoms with E-state index in [1.807, 2.05) is 19.9 Å². The summed E-state index contributed by atoms with van der Waals surface area (Å²) in [5.41, 5.74) is -3.27. The third-order valence-corrected chi connectivity index (χ3v) is 4.80. The van der Waals surface area contributed by atoms with Gasteiger partial charge in [-0.2, -0.15) is 0 Å². The van der Waals surface area contributed by atoms with E-state index >= 15 is 0 Å². The number of thiophene rings is 1. The SMILES string of the molecule is CCCc1cc2ccc(C)cc2[s+]1C(F)(F)F.Cl. The summed E-state index contributed by atoms with van der Waals surface area (Å²) in [5.74, 6) is 0. The number of benzene rings is 1. The molecule has 1 aromatic carbocycles. The van der Waals surface area contributed by atoms with E-state index in [9.17, 15) is 13.2 Å². The lowest BCUT2D eigenvalue weighted by atomic mass is 10.2. The summed E-state index contributed by atoms with van der Waals surface area (Å²) < 4.78 is 39.8. The van der Waals surface area contributed by atoms with Gasteiger partial charge in [-0.1, -0.05) is 13.0 Å². The summed E-state index contributed by atoms with van der Waals surface area (Å²) in [6.45, 7) is 3.74. The van der Waals surface area contributed by atoms with Crippen LogP contribution in [0, 0.1) is 6.92 Å². The molecule has 0 aliphatic carbocycles. The molecule has 2 aromatic rings. The Morgan fingerprint density at radius 2 is 1.83 bits per heavy atom. The number of aryl methyl sites for hydroxylation is 2. The predicted octanol–water partition coefficient (Wildman–Crippen LogP) is 5.75. The maximum atomic E-state index is 13.1. The van der Waals surface area contributed by atoms with Crippen molar-refractivity contribution in [3.8, 4) is 0 Å². The van der Waals surface area contributed by atoms with Crippen LogP contribution >= 0.6 is 22.9 Å². The Morgan fingerprint density at radius 3 is 2.39 bits per heavy atom. The van der Waals surface area contributed by atoms with Crippen molar-refractivity contribution in [3.63, 3.8) is 0 Å². The molecule has 0 N–H and O–H groups in total. The summed E-state index contributed by atoms with van der Waals surface area (Å²) in [6, 6.07) is 7.04. The second kappa shape index (κ2) is 5.49. The molecule has 0 spiro atoms. The average Bonchev–Trinajstić information content (AvgIpc) is 2.54. The Morgan fingerprint density at radius 1 is 1.17 bits per heavy atom. The maximum Gasteiger partial charge on any atom is 0.600 e. The molecule has 2 rings (SSSR count). The van der Waals surface area contributed by atoms with E-state index in [1.165, 1.54) is 0 Å². The molecule has 0 amide bonds. The standard InChI is InChI=1S/C13H14F3S.ClH/c1-3-4-11-8-10-6-5-9(2)7-12(10)17(11)13(14,15)16;/h5-8H,3-4H2,1-2H3;1H/q+1;. The van der Waals surface area contributed by atoms with Crippen molar-refractivity contribution < 1.29 is 13.2 Å². The molecule has 5 heteroatoms. The van der Waals surface area contributed by atoms with Crippen molar-refractivity contribution in [2.24, 2.45) is 0 Å². The van der Waals surface area contributed by atoms with Crippen LogP contribution in [0.2, 0.25) is 0 Å². The van der Waals surface area contributed by atoms with Gasteiger partial charge in [-0.05, 0) is 25.0 Å². The zero-order valence-electron chi connectivity index (χ0n) is 10.2. The van der Waals surface area contributed by atoms with Crippen molar-refractivity contribution in [3.05, 3.63) is 34.7 Å². The van der Waals surface area contributed by atoms with E-state index in [-0.39, 0.29) is 12.4 Å². The van der Waals surface area contributed by atoms with Crippen LogP contribution in [0.3, 0.4) is 0 Å². The normalized spacial score (nSPS) is 12.6. The van der Waals surface area contributed by atoms with Crippen LogP contribution in [0.25, 0.3) is 10.1 Å². The Kier molecular flexibility index (Phi) is 4.67. The zero-order chi connectivity index (χ0) is 12.6. The van der Waals surface area contributed by atoms with E-state index in [1.54, 1.807) is 18.2 Å². The number of fused-ring (bicyclic) bond motifs is 1. The molecule has 0 saturated carbocycles. The topological polar surface area (TPSA) is 0 Å². The van der Waals surface area contributed by atoms with Crippen LogP contribution in [0.1, 0.15) is 23.8 Å². The molecule has 0 bridgehead atoms. The van der Waals surface area contributed by atoms with Crippen molar-refractivity contribution in [1.82, 2.24) is 0 Å². The van der Waals surface area contributed by atoms with Gasteiger partial charge >= 0.3 is 5.51 Å². The maximum absolute atomic E-state index is 13.1. The van der Waals surface area contributed by atoms with E-state index in [2.05, 4.69) is 0 Å². The molecule has 0 radical (unpaired) electrons. The first-order chi connectivity index (χ1) is 7.93. The van der Waals surface area contributed by atoms with Gasteiger partial charge in [-0.25, -0.2) is 0 Å². The molecule has 0 aliphatic rings. The molecular formula is C13H15ClF3S+. The molecule has 0 saturated heterocycles. The summed E-state index contributed by atoms with van der Waals surface area (Å²) in [6.07, 6.45) is 1.27. The van der Waals surface area contributed by atoms with Crippen LogP contribution in [0.5, 0.6) is 0 Å². The highest BCUT2D eigenvalue weighted by molar-refractivity contribution is 7.38. The van der Waals surface area contributed by atoms with Gasteiger partial charge in [-0.3, -0.25) is 0 Å². The molecule has 0 nitrogen and oxygen atoms in total. The minimum absolute atomic E-state index is 0. The minimum atomic E-state index is -4.15. The highest BCUT2D eigenvalue weighted by Crippen LogP contribution is 2.51.